The molecule has 1 aliphatic rings. The van der Waals surface area contributed by atoms with E-state index in [4.69, 9.17) is 4.74 Å². The van der Waals surface area contributed by atoms with Gasteiger partial charge in [0.25, 0.3) is 0 Å². The fourth-order valence-electron chi connectivity index (χ4n) is 2.28. The molecule has 1 fully saturated rings. The minimum absolute atomic E-state index is 0.143. The molecule has 0 aromatic carbocycles. The Labute approximate surface area is 92.8 Å². The van der Waals surface area contributed by atoms with Gasteiger partial charge >= 0.3 is 0 Å². The Hall–Kier alpha value is -0.590. The molecule has 3 nitrogen and oxygen atoms in total. The van der Waals surface area contributed by atoms with E-state index in [9.17, 15) is 5.26 Å². The summed E-state index contributed by atoms with van der Waals surface area (Å²) in [6.07, 6.45) is 2.53. The summed E-state index contributed by atoms with van der Waals surface area (Å²) in [5, 5.41) is 12.7. The average Bonchev–Trinajstić information content (AvgIpc) is 2.17. The smallest absolute Gasteiger partial charge is 0.111 e. The number of nitriles is 1. The van der Waals surface area contributed by atoms with Crippen molar-refractivity contribution in [3.05, 3.63) is 0 Å². The summed E-state index contributed by atoms with van der Waals surface area (Å²) in [7, 11) is 0. The lowest BCUT2D eigenvalue weighted by molar-refractivity contribution is -0.0914. The molecule has 0 aromatic heterocycles. The van der Waals surface area contributed by atoms with Crippen molar-refractivity contribution in [1.82, 2.24) is 5.32 Å². The third-order valence-corrected chi connectivity index (χ3v) is 3.18. The molecule has 3 heteroatoms. The predicted molar refractivity (Wildman–Crippen MR) is 60.5 cm³/mol. The first-order valence-electron chi connectivity index (χ1n) is 5.78. The Morgan fingerprint density at radius 1 is 1.53 bits per heavy atom. The van der Waals surface area contributed by atoms with Gasteiger partial charge in [0.15, 0.2) is 0 Å². The zero-order valence-corrected chi connectivity index (χ0v) is 10.3. The summed E-state index contributed by atoms with van der Waals surface area (Å²) in [5.74, 6) is 0. The van der Waals surface area contributed by atoms with Crippen LogP contribution in [0.15, 0.2) is 0 Å². The first-order valence-corrected chi connectivity index (χ1v) is 5.78. The van der Waals surface area contributed by atoms with Gasteiger partial charge < -0.3 is 4.74 Å². The van der Waals surface area contributed by atoms with Crippen LogP contribution in [0.4, 0.5) is 0 Å². The highest BCUT2D eigenvalue weighted by Gasteiger charge is 2.42. The van der Waals surface area contributed by atoms with E-state index < -0.39 is 5.54 Å². The largest absolute Gasteiger partial charge is 0.375 e. The van der Waals surface area contributed by atoms with Crippen LogP contribution in [0.3, 0.4) is 0 Å². The molecule has 0 aliphatic carbocycles. The maximum absolute atomic E-state index is 9.35. The van der Waals surface area contributed by atoms with Crippen LogP contribution in [0.25, 0.3) is 0 Å². The first kappa shape index (κ1) is 12.5. The summed E-state index contributed by atoms with van der Waals surface area (Å²) in [5.41, 5.74) is -0.535. The minimum Gasteiger partial charge on any atom is -0.375 e. The van der Waals surface area contributed by atoms with E-state index in [0.717, 1.165) is 19.3 Å². The van der Waals surface area contributed by atoms with Gasteiger partial charge in [-0.15, -0.1) is 0 Å². The number of nitrogens with one attached hydrogen (secondary N) is 1. The Morgan fingerprint density at radius 2 is 2.20 bits per heavy atom. The summed E-state index contributed by atoms with van der Waals surface area (Å²) >= 11 is 0. The molecule has 1 aliphatic heterocycles. The maximum atomic E-state index is 9.35. The summed E-state index contributed by atoms with van der Waals surface area (Å²) in [4.78, 5) is 0. The quantitative estimate of drug-likeness (QED) is 0.777. The van der Waals surface area contributed by atoms with Gasteiger partial charge in [0, 0.05) is 18.9 Å². The lowest BCUT2D eigenvalue weighted by Crippen LogP contribution is -2.56. The number of rotatable bonds is 3. The fraction of sp³-hybridized carbons (Fsp3) is 0.917. The zero-order valence-electron chi connectivity index (χ0n) is 10.3. The van der Waals surface area contributed by atoms with Crippen LogP contribution in [0.5, 0.6) is 0 Å². The monoisotopic (exact) mass is 210 g/mol. The molecule has 0 amide bonds. The van der Waals surface area contributed by atoms with Gasteiger partial charge in [-0.1, -0.05) is 6.92 Å². The van der Waals surface area contributed by atoms with Crippen molar-refractivity contribution in [2.45, 2.75) is 64.1 Å². The van der Waals surface area contributed by atoms with Crippen LogP contribution >= 0.6 is 0 Å². The number of hydrogen-bond acceptors (Lipinski definition) is 3. The third kappa shape index (κ3) is 2.93. The van der Waals surface area contributed by atoms with Crippen LogP contribution in [0.2, 0.25) is 0 Å². The molecule has 1 rings (SSSR count). The first-order chi connectivity index (χ1) is 6.95. The van der Waals surface area contributed by atoms with E-state index in [-0.39, 0.29) is 5.60 Å². The van der Waals surface area contributed by atoms with Crippen molar-refractivity contribution < 1.29 is 4.74 Å². The number of ether oxygens (including phenoxy) is 1. The second kappa shape index (κ2) is 4.51. The molecule has 1 heterocycles. The van der Waals surface area contributed by atoms with Crippen LogP contribution in [0.1, 0.15) is 47.0 Å². The number of nitrogens with zero attached hydrogens (tertiary/aromatic N) is 1. The molecular weight excluding hydrogens is 188 g/mol. The van der Waals surface area contributed by atoms with Crippen LogP contribution in [-0.4, -0.2) is 23.8 Å². The Bertz CT molecular complexity index is 259. The molecule has 86 valence electrons. The van der Waals surface area contributed by atoms with Crippen molar-refractivity contribution in [3.63, 3.8) is 0 Å². The highest BCUT2D eigenvalue weighted by Crippen LogP contribution is 2.34. The third-order valence-electron chi connectivity index (χ3n) is 3.18. The van der Waals surface area contributed by atoms with Gasteiger partial charge in [-0.25, -0.2) is 0 Å². The molecule has 1 N–H and O–H groups in total. The van der Waals surface area contributed by atoms with Gasteiger partial charge in [0.05, 0.1) is 18.3 Å². The Morgan fingerprint density at radius 3 is 2.67 bits per heavy atom. The van der Waals surface area contributed by atoms with Crippen molar-refractivity contribution in [2.75, 3.05) is 6.61 Å². The highest BCUT2D eigenvalue weighted by atomic mass is 16.5. The molecule has 0 bridgehead atoms. The molecule has 2 atom stereocenters. The molecule has 0 radical (unpaired) electrons. The van der Waals surface area contributed by atoms with Gasteiger partial charge in [-0.05, 0) is 27.2 Å². The van der Waals surface area contributed by atoms with E-state index in [1.54, 1.807) is 0 Å². The molecule has 15 heavy (non-hydrogen) atoms. The van der Waals surface area contributed by atoms with Crippen molar-refractivity contribution in [2.24, 2.45) is 0 Å². The average molecular weight is 210 g/mol. The molecule has 2 unspecified atom stereocenters. The second-order valence-electron chi connectivity index (χ2n) is 5.07. The van der Waals surface area contributed by atoms with Gasteiger partial charge in [0.2, 0.25) is 0 Å². The second-order valence-corrected chi connectivity index (χ2v) is 5.07. The Kier molecular flexibility index (Phi) is 3.75. The zero-order chi connectivity index (χ0) is 11.5. The van der Waals surface area contributed by atoms with Crippen molar-refractivity contribution in [1.29, 1.82) is 5.26 Å². The fourth-order valence-corrected chi connectivity index (χ4v) is 2.28. The van der Waals surface area contributed by atoms with E-state index >= 15 is 0 Å². The Balaban J connectivity index is 2.78. The number of hydrogen-bond donors (Lipinski definition) is 1. The van der Waals surface area contributed by atoms with Gasteiger partial charge in [-0.2, -0.15) is 5.26 Å². The molecule has 0 saturated carbocycles. The van der Waals surface area contributed by atoms with Crippen molar-refractivity contribution >= 4 is 0 Å². The minimum atomic E-state index is -0.392. The van der Waals surface area contributed by atoms with E-state index in [2.05, 4.69) is 39.1 Å². The summed E-state index contributed by atoms with van der Waals surface area (Å²) in [6, 6.07) is 2.78. The molecule has 0 spiro atoms. The summed E-state index contributed by atoms with van der Waals surface area (Å²) in [6.45, 7) is 9.05. The van der Waals surface area contributed by atoms with Crippen LogP contribution in [0, 0.1) is 11.3 Å². The lowest BCUT2D eigenvalue weighted by atomic mass is 9.80. The van der Waals surface area contributed by atoms with Gasteiger partial charge in [0.1, 0.15) is 5.54 Å². The normalized spacial score (nSPS) is 36.5. The standard InChI is InChI=1S/C12H22N2O/c1-5-11(4)8-12(9-13,6-7-15-11)14-10(2)3/h10,14H,5-8H2,1-4H3. The SMILES string of the molecule is CCC1(C)CC(C#N)(NC(C)C)CCO1. The maximum Gasteiger partial charge on any atom is 0.111 e. The van der Waals surface area contributed by atoms with E-state index in [1.807, 2.05) is 0 Å². The summed E-state index contributed by atoms with van der Waals surface area (Å²) < 4.78 is 5.76. The molecular formula is C12H22N2O. The lowest BCUT2D eigenvalue weighted by Gasteiger charge is -2.43. The van der Waals surface area contributed by atoms with Gasteiger partial charge in [-0.3, -0.25) is 5.32 Å². The van der Waals surface area contributed by atoms with E-state index in [1.165, 1.54) is 0 Å². The van der Waals surface area contributed by atoms with Crippen LogP contribution < -0.4 is 5.32 Å². The van der Waals surface area contributed by atoms with Crippen molar-refractivity contribution in [3.8, 4) is 6.07 Å². The molecule has 0 aromatic rings. The van der Waals surface area contributed by atoms with Crippen LogP contribution in [-0.2, 0) is 4.74 Å². The highest BCUT2D eigenvalue weighted by molar-refractivity contribution is 5.12. The van der Waals surface area contributed by atoms with E-state index in [0.29, 0.717) is 12.6 Å². The topological polar surface area (TPSA) is 45.0 Å². The predicted octanol–water partition coefficient (Wildman–Crippen LogP) is 2.23. The molecule has 1 saturated heterocycles.